The molecule has 3 unspecified atom stereocenters. The predicted octanol–water partition coefficient (Wildman–Crippen LogP) is 3.13. The number of hydrogen-bond donors (Lipinski definition) is 2. The lowest BCUT2D eigenvalue weighted by Crippen LogP contribution is -2.43. The van der Waals surface area contributed by atoms with E-state index in [0.717, 1.165) is 17.9 Å². The van der Waals surface area contributed by atoms with Gasteiger partial charge in [-0.15, -0.1) is 0 Å². The molecular weight excluding hydrogens is 244 g/mol. The highest BCUT2D eigenvalue weighted by molar-refractivity contribution is 6.30. The third-order valence-electron chi connectivity index (χ3n) is 3.69. The Bertz CT molecular complexity index is 363. The van der Waals surface area contributed by atoms with Gasteiger partial charge in [0.15, 0.2) is 0 Å². The third-order valence-corrected chi connectivity index (χ3v) is 3.94. The second-order valence-electron chi connectivity index (χ2n) is 5.52. The average Bonchev–Trinajstić information content (AvgIpc) is 2.32. The Morgan fingerprint density at radius 2 is 2.06 bits per heavy atom. The van der Waals surface area contributed by atoms with Crippen LogP contribution in [-0.4, -0.2) is 18.1 Å². The van der Waals surface area contributed by atoms with E-state index in [1.807, 2.05) is 12.1 Å². The van der Waals surface area contributed by atoms with Crippen LogP contribution in [0.1, 0.15) is 38.2 Å². The summed E-state index contributed by atoms with van der Waals surface area (Å²) in [4.78, 5) is 0. The summed E-state index contributed by atoms with van der Waals surface area (Å²) >= 11 is 5.89. The summed E-state index contributed by atoms with van der Waals surface area (Å²) in [6.07, 6.45) is 5.86. The van der Waals surface area contributed by atoms with Crippen LogP contribution in [0, 0.1) is 0 Å². The summed E-state index contributed by atoms with van der Waals surface area (Å²) in [5.74, 6) is 0. The summed E-state index contributed by atoms with van der Waals surface area (Å²) in [7, 11) is 0. The first-order valence-corrected chi connectivity index (χ1v) is 7.27. The molecule has 1 aliphatic rings. The van der Waals surface area contributed by atoms with E-state index in [1.54, 1.807) is 0 Å². The van der Waals surface area contributed by atoms with Gasteiger partial charge in [0.25, 0.3) is 0 Å². The molecule has 0 amide bonds. The molecule has 0 aliphatic heterocycles. The minimum absolute atomic E-state index is 0.388. The molecule has 0 aromatic heterocycles. The monoisotopic (exact) mass is 266 g/mol. The van der Waals surface area contributed by atoms with Gasteiger partial charge in [-0.05, 0) is 50.3 Å². The molecule has 2 nitrogen and oxygen atoms in total. The molecular formula is C15H23ClN2. The number of rotatable bonds is 4. The first-order chi connectivity index (χ1) is 8.63. The molecule has 0 bridgehead atoms. The van der Waals surface area contributed by atoms with E-state index in [9.17, 15) is 0 Å². The van der Waals surface area contributed by atoms with Gasteiger partial charge < -0.3 is 11.1 Å². The van der Waals surface area contributed by atoms with E-state index in [2.05, 4.69) is 24.4 Å². The summed E-state index contributed by atoms with van der Waals surface area (Å²) in [6, 6.07) is 9.59. The second kappa shape index (κ2) is 6.55. The lowest BCUT2D eigenvalue weighted by Gasteiger charge is -2.30. The number of hydrogen-bond acceptors (Lipinski definition) is 2. The van der Waals surface area contributed by atoms with Gasteiger partial charge in [-0.25, -0.2) is 0 Å². The molecule has 3 heteroatoms. The molecule has 2 rings (SSSR count). The standard InChI is InChI=1S/C15H23ClN2/c1-11(9-12-5-7-13(16)8-6-12)18-15-4-2-3-14(17)10-15/h5-8,11,14-15,18H,2-4,9-10,17H2,1H3. The minimum Gasteiger partial charge on any atom is -0.328 e. The van der Waals surface area contributed by atoms with Gasteiger partial charge in [0.1, 0.15) is 0 Å². The van der Waals surface area contributed by atoms with Gasteiger partial charge >= 0.3 is 0 Å². The molecule has 0 heterocycles. The van der Waals surface area contributed by atoms with E-state index in [0.29, 0.717) is 18.1 Å². The predicted molar refractivity (Wildman–Crippen MR) is 78.0 cm³/mol. The van der Waals surface area contributed by atoms with Crippen LogP contribution in [0.15, 0.2) is 24.3 Å². The van der Waals surface area contributed by atoms with Crippen molar-refractivity contribution in [1.82, 2.24) is 5.32 Å². The molecule has 1 aromatic rings. The molecule has 0 saturated heterocycles. The minimum atomic E-state index is 0.388. The Morgan fingerprint density at radius 3 is 2.72 bits per heavy atom. The number of halogens is 1. The fourth-order valence-corrected chi connectivity index (χ4v) is 2.94. The second-order valence-corrected chi connectivity index (χ2v) is 5.96. The molecule has 1 fully saturated rings. The zero-order chi connectivity index (χ0) is 13.0. The molecule has 1 saturated carbocycles. The van der Waals surface area contributed by atoms with Crippen LogP contribution in [0.4, 0.5) is 0 Å². The fourth-order valence-electron chi connectivity index (χ4n) is 2.81. The van der Waals surface area contributed by atoms with E-state index in [1.165, 1.54) is 24.8 Å². The van der Waals surface area contributed by atoms with Gasteiger partial charge in [0.2, 0.25) is 0 Å². The highest BCUT2D eigenvalue weighted by Gasteiger charge is 2.20. The van der Waals surface area contributed by atoms with E-state index in [4.69, 9.17) is 17.3 Å². The fraction of sp³-hybridized carbons (Fsp3) is 0.600. The third kappa shape index (κ3) is 4.27. The van der Waals surface area contributed by atoms with Crippen molar-refractivity contribution in [3.05, 3.63) is 34.9 Å². The summed E-state index contributed by atoms with van der Waals surface area (Å²) in [6.45, 7) is 2.24. The molecule has 100 valence electrons. The highest BCUT2D eigenvalue weighted by Crippen LogP contribution is 2.18. The first-order valence-electron chi connectivity index (χ1n) is 6.89. The molecule has 1 aromatic carbocycles. The normalized spacial score (nSPS) is 25.9. The largest absolute Gasteiger partial charge is 0.328 e. The van der Waals surface area contributed by atoms with Gasteiger partial charge in [0, 0.05) is 23.1 Å². The van der Waals surface area contributed by atoms with Crippen molar-refractivity contribution in [3.8, 4) is 0 Å². The molecule has 0 spiro atoms. The van der Waals surface area contributed by atoms with Crippen LogP contribution in [0.25, 0.3) is 0 Å². The highest BCUT2D eigenvalue weighted by atomic mass is 35.5. The van der Waals surface area contributed by atoms with Crippen molar-refractivity contribution in [2.24, 2.45) is 5.73 Å². The lowest BCUT2D eigenvalue weighted by molar-refractivity contribution is 0.316. The summed E-state index contributed by atoms with van der Waals surface area (Å²) in [5, 5.41) is 4.50. The SMILES string of the molecule is CC(Cc1ccc(Cl)cc1)NC1CCCC(N)C1. The van der Waals surface area contributed by atoms with Crippen molar-refractivity contribution in [2.45, 2.75) is 57.2 Å². The van der Waals surface area contributed by atoms with Crippen LogP contribution in [-0.2, 0) is 6.42 Å². The maximum absolute atomic E-state index is 6.02. The number of nitrogens with one attached hydrogen (secondary N) is 1. The Hall–Kier alpha value is -0.570. The Kier molecular flexibility index (Phi) is 5.04. The van der Waals surface area contributed by atoms with Crippen LogP contribution in [0.5, 0.6) is 0 Å². The van der Waals surface area contributed by atoms with Gasteiger partial charge in [0.05, 0.1) is 0 Å². The zero-order valence-corrected chi connectivity index (χ0v) is 11.8. The van der Waals surface area contributed by atoms with Crippen LogP contribution < -0.4 is 11.1 Å². The maximum Gasteiger partial charge on any atom is 0.0406 e. The quantitative estimate of drug-likeness (QED) is 0.879. The van der Waals surface area contributed by atoms with Crippen LogP contribution in [0.2, 0.25) is 5.02 Å². The van der Waals surface area contributed by atoms with Crippen molar-refractivity contribution in [1.29, 1.82) is 0 Å². The van der Waals surface area contributed by atoms with Gasteiger partial charge in [-0.1, -0.05) is 30.2 Å². The molecule has 18 heavy (non-hydrogen) atoms. The van der Waals surface area contributed by atoms with Crippen molar-refractivity contribution < 1.29 is 0 Å². The number of benzene rings is 1. The lowest BCUT2D eigenvalue weighted by atomic mass is 9.91. The number of nitrogens with two attached hydrogens (primary N) is 1. The van der Waals surface area contributed by atoms with Crippen LogP contribution in [0.3, 0.4) is 0 Å². The van der Waals surface area contributed by atoms with Crippen LogP contribution >= 0.6 is 11.6 Å². The molecule has 1 aliphatic carbocycles. The summed E-state index contributed by atoms with van der Waals surface area (Å²) < 4.78 is 0. The molecule has 3 N–H and O–H groups in total. The van der Waals surface area contributed by atoms with Crippen molar-refractivity contribution in [3.63, 3.8) is 0 Å². The smallest absolute Gasteiger partial charge is 0.0406 e. The van der Waals surface area contributed by atoms with Crippen molar-refractivity contribution in [2.75, 3.05) is 0 Å². The first kappa shape index (κ1) is 13.9. The van der Waals surface area contributed by atoms with E-state index in [-0.39, 0.29) is 0 Å². The average molecular weight is 267 g/mol. The van der Waals surface area contributed by atoms with Gasteiger partial charge in [-0.2, -0.15) is 0 Å². The molecule has 0 radical (unpaired) electrons. The summed E-state index contributed by atoms with van der Waals surface area (Å²) in [5.41, 5.74) is 7.35. The van der Waals surface area contributed by atoms with E-state index >= 15 is 0 Å². The Labute approximate surface area is 115 Å². The molecule has 3 atom stereocenters. The Morgan fingerprint density at radius 1 is 1.33 bits per heavy atom. The Balaban J connectivity index is 1.81. The zero-order valence-electron chi connectivity index (χ0n) is 11.0. The van der Waals surface area contributed by atoms with Crippen molar-refractivity contribution >= 4 is 11.6 Å². The topological polar surface area (TPSA) is 38.0 Å². The van der Waals surface area contributed by atoms with Gasteiger partial charge in [-0.3, -0.25) is 0 Å². The van der Waals surface area contributed by atoms with E-state index < -0.39 is 0 Å². The maximum atomic E-state index is 6.02.